The first-order valence-corrected chi connectivity index (χ1v) is 16.6. The number of benzene rings is 7. The van der Waals surface area contributed by atoms with Crippen LogP contribution in [0.2, 0.25) is 0 Å². The van der Waals surface area contributed by atoms with E-state index >= 15 is 0 Å². The summed E-state index contributed by atoms with van der Waals surface area (Å²) in [5.74, 6) is 0. The summed E-state index contributed by atoms with van der Waals surface area (Å²) in [6.07, 6.45) is 0. The fourth-order valence-electron chi connectivity index (χ4n) is 7.73. The van der Waals surface area contributed by atoms with Crippen LogP contribution >= 0.6 is 0 Å². The molecule has 3 heteroatoms. The molecule has 0 spiro atoms. The van der Waals surface area contributed by atoms with Crippen LogP contribution in [0, 0.1) is 0 Å². The topological polar surface area (TPSA) is 6.48 Å². The second kappa shape index (κ2) is 10.5. The first-order chi connectivity index (χ1) is 23.0. The molecule has 0 amide bonds. The lowest BCUT2D eigenvalue weighted by molar-refractivity contribution is 0.590. The zero-order valence-electron chi connectivity index (χ0n) is 27.0. The molecule has 0 unspecified atom stereocenters. The Labute approximate surface area is 277 Å². The monoisotopic (exact) mass is 602 g/mol. The Morgan fingerprint density at radius 3 is 1.85 bits per heavy atom. The molecule has 0 atom stereocenters. The fraction of sp³-hybridized carbons (Fsp3) is 0.0909. The van der Waals surface area contributed by atoms with Crippen LogP contribution in [0.3, 0.4) is 0 Å². The first kappa shape index (κ1) is 27.7. The van der Waals surface area contributed by atoms with Gasteiger partial charge < -0.3 is 9.71 Å². The van der Waals surface area contributed by atoms with Gasteiger partial charge in [0.05, 0.1) is 5.69 Å². The van der Waals surface area contributed by atoms with Gasteiger partial charge >= 0.3 is 6.85 Å². The number of hydrogen-bond acceptors (Lipinski definition) is 2. The Morgan fingerprint density at radius 1 is 0.468 bits per heavy atom. The third-order valence-electron chi connectivity index (χ3n) is 9.98. The van der Waals surface area contributed by atoms with E-state index in [0.29, 0.717) is 0 Å². The minimum atomic E-state index is 0.0182. The molecule has 0 fully saturated rings. The molecule has 7 aromatic rings. The maximum Gasteiger partial charge on any atom is 0.333 e. The molecule has 224 valence electrons. The average Bonchev–Trinajstić information content (AvgIpc) is 3.11. The summed E-state index contributed by atoms with van der Waals surface area (Å²) in [4.78, 5) is 5.09. The molecule has 2 aliphatic rings. The third kappa shape index (κ3) is 4.34. The number of nitrogens with zero attached hydrogens (tertiary/aromatic N) is 2. The van der Waals surface area contributed by atoms with Gasteiger partial charge in [-0.15, -0.1) is 0 Å². The lowest BCUT2D eigenvalue weighted by Gasteiger charge is -2.46. The van der Waals surface area contributed by atoms with Crippen LogP contribution in [-0.2, 0) is 5.41 Å². The molecule has 2 aliphatic heterocycles. The van der Waals surface area contributed by atoms with Crippen LogP contribution in [0.5, 0.6) is 0 Å². The van der Waals surface area contributed by atoms with E-state index in [1.807, 2.05) is 0 Å². The van der Waals surface area contributed by atoms with Gasteiger partial charge in [-0.3, -0.25) is 0 Å². The predicted molar refractivity (Wildman–Crippen MR) is 202 cm³/mol. The van der Waals surface area contributed by atoms with Gasteiger partial charge in [0.25, 0.3) is 0 Å². The van der Waals surface area contributed by atoms with Crippen molar-refractivity contribution in [1.82, 2.24) is 0 Å². The van der Waals surface area contributed by atoms with E-state index in [-0.39, 0.29) is 12.3 Å². The van der Waals surface area contributed by atoms with Crippen molar-refractivity contribution < 1.29 is 0 Å². The molecule has 0 N–H and O–H groups in total. The van der Waals surface area contributed by atoms with Crippen LogP contribution in [0.4, 0.5) is 28.4 Å². The highest BCUT2D eigenvalue weighted by Crippen LogP contribution is 2.48. The normalized spacial score (nSPS) is 13.3. The van der Waals surface area contributed by atoms with Crippen molar-refractivity contribution in [3.8, 4) is 22.3 Å². The summed E-state index contributed by atoms with van der Waals surface area (Å²) in [5, 5.41) is 2.48. The molecule has 2 heterocycles. The summed E-state index contributed by atoms with van der Waals surface area (Å²) in [6, 6.07) is 58.3. The van der Waals surface area contributed by atoms with Crippen LogP contribution < -0.4 is 20.6 Å². The van der Waals surface area contributed by atoms with Crippen molar-refractivity contribution in [1.29, 1.82) is 0 Å². The van der Waals surface area contributed by atoms with Crippen molar-refractivity contribution in [2.45, 2.75) is 26.2 Å². The Kier molecular flexibility index (Phi) is 6.20. The summed E-state index contributed by atoms with van der Waals surface area (Å²) in [6.45, 7) is 6.86. The summed E-state index contributed by atoms with van der Waals surface area (Å²) >= 11 is 0. The maximum atomic E-state index is 2.57. The van der Waals surface area contributed by atoms with Gasteiger partial charge in [-0.05, 0) is 86.3 Å². The molecule has 9 rings (SSSR count). The number of hydrogen-bond donors (Lipinski definition) is 0. The molecule has 0 saturated heterocycles. The first-order valence-electron chi connectivity index (χ1n) is 16.6. The van der Waals surface area contributed by atoms with Crippen molar-refractivity contribution in [2.75, 3.05) is 9.71 Å². The highest BCUT2D eigenvalue weighted by atomic mass is 15.2. The Balaban J connectivity index is 1.34. The molecule has 0 radical (unpaired) electrons. The van der Waals surface area contributed by atoms with Crippen molar-refractivity contribution in [3.63, 3.8) is 0 Å². The largest absolute Gasteiger partial charge is 0.376 e. The van der Waals surface area contributed by atoms with Gasteiger partial charge in [-0.1, -0.05) is 136 Å². The summed E-state index contributed by atoms with van der Waals surface area (Å²) < 4.78 is 0. The van der Waals surface area contributed by atoms with Crippen molar-refractivity contribution >= 4 is 57.0 Å². The molecule has 47 heavy (non-hydrogen) atoms. The number of rotatable bonds is 3. The van der Waals surface area contributed by atoms with Crippen LogP contribution in [0.1, 0.15) is 26.3 Å². The minimum absolute atomic E-state index is 0.0182. The molecule has 0 bridgehead atoms. The molecular formula is C44H35BN2. The molecule has 0 aliphatic carbocycles. The molecule has 7 aromatic carbocycles. The predicted octanol–water partition coefficient (Wildman–Crippen LogP) is 10.5. The molecule has 0 saturated carbocycles. The molecular weight excluding hydrogens is 567 g/mol. The lowest BCUT2D eigenvalue weighted by atomic mass is 9.43. The van der Waals surface area contributed by atoms with Gasteiger partial charge in [0.1, 0.15) is 0 Å². The zero-order valence-corrected chi connectivity index (χ0v) is 27.0. The standard InChI is InChI=1S/C44H35BN2/c1-44(2,3)33-24-26-34(27-25-33)47-39-21-11-9-18-35(39)36-19-13-23-41-43(36)45(47)38-20-10-12-22-40(38)46(41)42-29-32-17-8-7-16-31(32)28-37(42)30-14-5-4-6-15-30/h4-29H,1-3H3. The van der Waals surface area contributed by atoms with Crippen molar-refractivity contribution in [3.05, 3.63) is 163 Å². The average molecular weight is 603 g/mol. The SMILES string of the molecule is CC(C)(C)c1ccc(N2B3c4ccccc4N(c4cc5ccccc5cc4-c4ccccc4)c4cccc(c43)-c3ccccc32)cc1. The van der Waals surface area contributed by atoms with Crippen molar-refractivity contribution in [2.24, 2.45) is 0 Å². The van der Waals surface area contributed by atoms with E-state index in [9.17, 15) is 0 Å². The molecule has 2 nitrogen and oxygen atoms in total. The van der Waals surface area contributed by atoms with E-state index in [4.69, 9.17) is 0 Å². The number of fused-ring (bicyclic) bond motifs is 5. The number of para-hydroxylation sites is 2. The van der Waals surface area contributed by atoms with Gasteiger partial charge in [0, 0.05) is 33.9 Å². The molecule has 0 aromatic heterocycles. The second-order valence-corrected chi connectivity index (χ2v) is 13.8. The Hall–Kier alpha value is -5.54. The van der Waals surface area contributed by atoms with E-state index < -0.39 is 0 Å². The Morgan fingerprint density at radius 2 is 1.09 bits per heavy atom. The van der Waals surface area contributed by atoms with E-state index in [2.05, 4.69) is 188 Å². The van der Waals surface area contributed by atoms with E-state index in [1.165, 1.54) is 78.0 Å². The van der Waals surface area contributed by atoms with Gasteiger partial charge in [-0.25, -0.2) is 0 Å². The Bertz CT molecular complexity index is 2300. The fourth-order valence-corrected chi connectivity index (χ4v) is 7.73. The van der Waals surface area contributed by atoms with E-state index in [0.717, 1.165) is 0 Å². The number of anilines is 5. The van der Waals surface area contributed by atoms with Gasteiger partial charge in [0.2, 0.25) is 0 Å². The zero-order chi connectivity index (χ0) is 31.7. The quantitative estimate of drug-likeness (QED) is 0.186. The van der Waals surface area contributed by atoms with Crippen LogP contribution in [0.15, 0.2) is 158 Å². The minimum Gasteiger partial charge on any atom is -0.376 e. The third-order valence-corrected chi connectivity index (χ3v) is 9.98. The highest BCUT2D eigenvalue weighted by molar-refractivity contribution is 6.93. The van der Waals surface area contributed by atoms with E-state index in [1.54, 1.807) is 0 Å². The maximum absolute atomic E-state index is 2.57. The van der Waals surface area contributed by atoms with Gasteiger partial charge in [0.15, 0.2) is 0 Å². The van der Waals surface area contributed by atoms with Gasteiger partial charge in [-0.2, -0.15) is 0 Å². The summed E-state index contributed by atoms with van der Waals surface area (Å²) in [7, 11) is 0. The lowest BCUT2D eigenvalue weighted by Crippen LogP contribution is -2.61. The second-order valence-electron chi connectivity index (χ2n) is 13.8. The smallest absolute Gasteiger partial charge is 0.333 e. The summed E-state index contributed by atoms with van der Waals surface area (Å²) in [5.41, 5.74) is 15.1. The van der Waals surface area contributed by atoms with Crippen LogP contribution in [0.25, 0.3) is 33.0 Å². The highest BCUT2D eigenvalue weighted by Gasteiger charge is 2.44. The van der Waals surface area contributed by atoms with Crippen LogP contribution in [-0.4, -0.2) is 6.85 Å².